The number of ether oxygens (including phenoxy) is 1. The summed E-state index contributed by atoms with van der Waals surface area (Å²) in [6.45, 7) is 3.56. The van der Waals surface area contributed by atoms with Crippen LogP contribution in [0.2, 0.25) is 0 Å². The Morgan fingerprint density at radius 3 is 2.81 bits per heavy atom. The summed E-state index contributed by atoms with van der Waals surface area (Å²) in [6, 6.07) is 12.6. The van der Waals surface area contributed by atoms with Crippen molar-refractivity contribution in [1.82, 2.24) is 0 Å². The van der Waals surface area contributed by atoms with E-state index in [-0.39, 0.29) is 18.2 Å². The Morgan fingerprint density at radius 1 is 1.35 bits per heavy atom. The van der Waals surface area contributed by atoms with Crippen molar-refractivity contribution in [3.05, 3.63) is 57.6 Å². The summed E-state index contributed by atoms with van der Waals surface area (Å²) in [5.41, 5.74) is 3.08. The van der Waals surface area contributed by atoms with Crippen LogP contribution in [0.3, 0.4) is 0 Å². The minimum atomic E-state index is -1.45. The molecule has 0 spiro atoms. The Kier molecular flexibility index (Phi) is 5.28. The van der Waals surface area contributed by atoms with Crippen molar-refractivity contribution < 1.29 is 13.9 Å². The van der Waals surface area contributed by atoms with Gasteiger partial charge in [-0.15, -0.1) is 0 Å². The molecule has 4 nitrogen and oxygen atoms in total. The number of alkyl halides is 1. The SMILES string of the molecule is CC(F)Oc1ccc(CC#N)cc1CN1c2cc(Br)ccc2C(=O)C1C. The van der Waals surface area contributed by atoms with Gasteiger partial charge in [0.15, 0.2) is 5.78 Å². The van der Waals surface area contributed by atoms with E-state index < -0.39 is 6.36 Å². The zero-order chi connectivity index (χ0) is 18.8. The highest BCUT2D eigenvalue weighted by atomic mass is 79.9. The number of Topliss-reactive ketones (excluding diaryl/α,β-unsaturated/α-hetero) is 1. The molecule has 0 fully saturated rings. The highest BCUT2D eigenvalue weighted by molar-refractivity contribution is 9.10. The summed E-state index contributed by atoms with van der Waals surface area (Å²) < 4.78 is 19.6. The highest BCUT2D eigenvalue weighted by Gasteiger charge is 2.34. The van der Waals surface area contributed by atoms with Crippen molar-refractivity contribution >= 4 is 27.4 Å². The van der Waals surface area contributed by atoms with Crippen LogP contribution in [-0.2, 0) is 13.0 Å². The van der Waals surface area contributed by atoms with Crippen molar-refractivity contribution in [3.8, 4) is 11.8 Å². The number of anilines is 1. The fourth-order valence-corrected chi connectivity index (χ4v) is 3.53. The van der Waals surface area contributed by atoms with Crippen LogP contribution in [0, 0.1) is 11.3 Å². The molecule has 3 rings (SSSR count). The quantitative estimate of drug-likeness (QED) is 0.702. The van der Waals surface area contributed by atoms with E-state index in [9.17, 15) is 9.18 Å². The molecule has 26 heavy (non-hydrogen) atoms. The van der Waals surface area contributed by atoms with E-state index in [0.29, 0.717) is 17.9 Å². The van der Waals surface area contributed by atoms with Crippen molar-refractivity contribution in [2.45, 2.75) is 39.2 Å². The van der Waals surface area contributed by atoms with Gasteiger partial charge < -0.3 is 9.64 Å². The first-order valence-electron chi connectivity index (χ1n) is 8.30. The van der Waals surface area contributed by atoms with Crippen LogP contribution in [0.25, 0.3) is 0 Å². The van der Waals surface area contributed by atoms with Crippen molar-refractivity contribution in [2.75, 3.05) is 4.90 Å². The molecule has 2 atom stereocenters. The Bertz CT molecular complexity index is 892. The van der Waals surface area contributed by atoms with Crippen LogP contribution in [-0.4, -0.2) is 18.2 Å². The van der Waals surface area contributed by atoms with Gasteiger partial charge in [0.25, 0.3) is 0 Å². The first kappa shape index (κ1) is 18.4. The molecule has 0 aromatic heterocycles. The summed E-state index contributed by atoms with van der Waals surface area (Å²) in [4.78, 5) is 14.5. The third kappa shape index (κ3) is 3.58. The maximum atomic E-state index is 13.4. The lowest BCUT2D eigenvalue weighted by Crippen LogP contribution is -2.32. The average Bonchev–Trinajstić information content (AvgIpc) is 2.81. The minimum Gasteiger partial charge on any atom is -0.460 e. The molecule has 2 aromatic carbocycles. The molecule has 1 heterocycles. The number of ketones is 1. The van der Waals surface area contributed by atoms with Gasteiger partial charge in [-0.2, -0.15) is 5.26 Å². The van der Waals surface area contributed by atoms with Gasteiger partial charge in [-0.3, -0.25) is 4.79 Å². The highest BCUT2D eigenvalue weighted by Crippen LogP contribution is 2.37. The van der Waals surface area contributed by atoms with Crippen LogP contribution in [0.4, 0.5) is 10.1 Å². The number of fused-ring (bicyclic) bond motifs is 1. The summed E-state index contributed by atoms with van der Waals surface area (Å²) in [6.07, 6.45) is -1.19. The van der Waals surface area contributed by atoms with E-state index in [1.54, 1.807) is 12.1 Å². The fraction of sp³-hybridized carbons (Fsp3) is 0.300. The number of hydrogen-bond donors (Lipinski definition) is 0. The van der Waals surface area contributed by atoms with Gasteiger partial charge in [0.2, 0.25) is 6.36 Å². The summed E-state index contributed by atoms with van der Waals surface area (Å²) >= 11 is 3.45. The number of halogens is 2. The average molecular weight is 417 g/mol. The van der Waals surface area contributed by atoms with Gasteiger partial charge in [-0.1, -0.05) is 22.0 Å². The van der Waals surface area contributed by atoms with Crippen LogP contribution in [0.5, 0.6) is 5.75 Å². The molecular weight excluding hydrogens is 399 g/mol. The lowest BCUT2D eigenvalue weighted by atomic mass is 10.1. The van der Waals surface area contributed by atoms with Crippen LogP contribution >= 0.6 is 15.9 Å². The number of benzene rings is 2. The number of carbonyl (C=O) groups is 1. The topological polar surface area (TPSA) is 53.3 Å². The van der Waals surface area contributed by atoms with Crippen molar-refractivity contribution in [1.29, 1.82) is 5.26 Å². The van der Waals surface area contributed by atoms with Gasteiger partial charge in [0.1, 0.15) is 5.75 Å². The predicted molar refractivity (Wildman–Crippen MR) is 101 cm³/mol. The molecule has 2 unspecified atom stereocenters. The third-order valence-corrected chi connectivity index (χ3v) is 4.91. The Hall–Kier alpha value is -2.39. The third-order valence-electron chi connectivity index (χ3n) is 4.42. The second kappa shape index (κ2) is 7.46. The molecular formula is C20H18BrFN2O2. The Labute approximate surface area is 160 Å². The van der Waals surface area contributed by atoms with E-state index in [1.165, 1.54) is 6.92 Å². The molecule has 134 valence electrons. The monoisotopic (exact) mass is 416 g/mol. The van der Waals surface area contributed by atoms with Crippen molar-refractivity contribution in [2.24, 2.45) is 0 Å². The maximum absolute atomic E-state index is 13.4. The van der Waals surface area contributed by atoms with Crippen LogP contribution in [0.15, 0.2) is 40.9 Å². The smallest absolute Gasteiger partial charge is 0.235 e. The normalized spacial score (nSPS) is 17.0. The number of rotatable bonds is 5. The molecule has 6 heteroatoms. The minimum absolute atomic E-state index is 0.0574. The first-order valence-corrected chi connectivity index (χ1v) is 9.10. The van der Waals surface area contributed by atoms with Gasteiger partial charge in [0, 0.05) is 34.8 Å². The number of carbonyl (C=O) groups excluding carboxylic acids is 1. The number of nitriles is 1. The van der Waals surface area contributed by atoms with E-state index in [2.05, 4.69) is 22.0 Å². The number of hydrogen-bond acceptors (Lipinski definition) is 4. The Morgan fingerprint density at radius 2 is 2.12 bits per heavy atom. The van der Waals surface area contributed by atoms with Gasteiger partial charge in [0.05, 0.1) is 18.5 Å². The van der Waals surface area contributed by atoms with Crippen molar-refractivity contribution in [3.63, 3.8) is 0 Å². The molecule has 2 aromatic rings. The summed E-state index contributed by atoms with van der Waals surface area (Å²) in [5, 5.41) is 8.95. The zero-order valence-corrected chi connectivity index (χ0v) is 16.1. The molecule has 1 aliphatic rings. The van der Waals surface area contributed by atoms with E-state index >= 15 is 0 Å². The molecule has 0 saturated heterocycles. The van der Waals surface area contributed by atoms with E-state index in [4.69, 9.17) is 10.00 Å². The Balaban J connectivity index is 2.00. The molecule has 0 amide bonds. The van der Waals surface area contributed by atoms with Gasteiger partial charge in [-0.05, 0) is 42.8 Å². The molecule has 0 bridgehead atoms. The van der Waals surface area contributed by atoms with E-state index in [0.717, 1.165) is 21.3 Å². The molecule has 0 radical (unpaired) electrons. The molecule has 0 N–H and O–H groups in total. The molecule has 0 aliphatic carbocycles. The zero-order valence-electron chi connectivity index (χ0n) is 14.5. The maximum Gasteiger partial charge on any atom is 0.235 e. The first-order chi connectivity index (χ1) is 12.4. The van der Waals surface area contributed by atoms with Crippen LogP contribution < -0.4 is 9.64 Å². The molecule has 0 saturated carbocycles. The standard InChI is InChI=1S/C20H18BrFN2O2/c1-12-20(25)17-5-4-16(21)10-18(17)24(12)11-15-9-14(7-8-23)3-6-19(15)26-13(2)22/h3-6,9-10,12-13H,7,11H2,1-2H3. The fourth-order valence-electron chi connectivity index (χ4n) is 3.18. The predicted octanol–water partition coefficient (Wildman–Crippen LogP) is 4.80. The number of nitrogens with zero attached hydrogens (tertiary/aromatic N) is 2. The summed E-state index contributed by atoms with van der Waals surface area (Å²) in [5.74, 6) is 0.479. The lowest BCUT2D eigenvalue weighted by molar-refractivity contribution is 0.0847. The second-order valence-electron chi connectivity index (χ2n) is 6.27. The second-order valence-corrected chi connectivity index (χ2v) is 7.18. The molecule has 1 aliphatic heterocycles. The summed E-state index contributed by atoms with van der Waals surface area (Å²) in [7, 11) is 0. The lowest BCUT2D eigenvalue weighted by Gasteiger charge is -2.25. The van der Waals surface area contributed by atoms with Crippen LogP contribution in [0.1, 0.15) is 35.3 Å². The van der Waals surface area contributed by atoms with E-state index in [1.807, 2.05) is 36.1 Å². The van der Waals surface area contributed by atoms with Gasteiger partial charge >= 0.3 is 0 Å². The largest absolute Gasteiger partial charge is 0.460 e. The van der Waals surface area contributed by atoms with Gasteiger partial charge in [-0.25, -0.2) is 4.39 Å².